The van der Waals surface area contributed by atoms with E-state index in [0.29, 0.717) is 19.5 Å². The van der Waals surface area contributed by atoms with Crippen molar-refractivity contribution in [1.29, 1.82) is 0 Å². The number of fused-ring (bicyclic) bond motifs is 1. The minimum Gasteiger partial charge on any atom is -0.338 e. The van der Waals surface area contributed by atoms with Gasteiger partial charge in [0.25, 0.3) is 0 Å². The Hall–Kier alpha value is -3.73. The van der Waals surface area contributed by atoms with E-state index in [-0.39, 0.29) is 5.91 Å². The van der Waals surface area contributed by atoms with Crippen molar-refractivity contribution in [2.24, 2.45) is 0 Å². The number of carbonyl (C=O) groups is 1. The average Bonchev–Trinajstić information content (AvgIpc) is 3.24. The van der Waals surface area contributed by atoms with Crippen LogP contribution in [0.5, 0.6) is 0 Å². The highest BCUT2D eigenvalue weighted by atomic mass is 16.2. The standard InChI is InChI=1S/C25H22N4O/c30-24(16-18-6-8-20(9-7-18)19-4-2-1-3-5-19)29-15-12-23-22(17-29)25(28-27-23)21-10-13-26-14-11-21/h1-11,13-14H,12,15-17H2,(H,27,28). The van der Waals surface area contributed by atoms with Gasteiger partial charge in [-0.25, -0.2) is 0 Å². The van der Waals surface area contributed by atoms with Gasteiger partial charge < -0.3 is 4.90 Å². The van der Waals surface area contributed by atoms with Crippen molar-refractivity contribution in [3.63, 3.8) is 0 Å². The zero-order valence-electron chi connectivity index (χ0n) is 16.6. The molecule has 0 aliphatic carbocycles. The molecular weight excluding hydrogens is 372 g/mol. The third-order valence-electron chi connectivity index (χ3n) is 5.66. The van der Waals surface area contributed by atoms with Gasteiger partial charge in [0.2, 0.25) is 5.91 Å². The summed E-state index contributed by atoms with van der Waals surface area (Å²) in [6.07, 6.45) is 4.74. The van der Waals surface area contributed by atoms with Gasteiger partial charge in [-0.3, -0.25) is 14.9 Å². The number of nitrogens with zero attached hydrogens (tertiary/aromatic N) is 3. The van der Waals surface area contributed by atoms with Crippen LogP contribution in [0.25, 0.3) is 22.4 Å². The van der Waals surface area contributed by atoms with Gasteiger partial charge in [-0.05, 0) is 28.8 Å². The minimum absolute atomic E-state index is 0.148. The second-order valence-electron chi connectivity index (χ2n) is 7.57. The molecule has 0 saturated carbocycles. The summed E-state index contributed by atoms with van der Waals surface area (Å²) in [5.74, 6) is 0.148. The number of benzene rings is 2. The minimum atomic E-state index is 0.148. The molecule has 0 saturated heterocycles. The van der Waals surface area contributed by atoms with E-state index in [1.54, 1.807) is 12.4 Å². The fraction of sp³-hybridized carbons (Fsp3) is 0.160. The van der Waals surface area contributed by atoms with Gasteiger partial charge >= 0.3 is 0 Å². The second-order valence-corrected chi connectivity index (χ2v) is 7.57. The number of nitrogens with one attached hydrogen (secondary N) is 1. The molecule has 0 bridgehead atoms. The Morgan fingerprint density at radius 3 is 2.40 bits per heavy atom. The summed E-state index contributed by atoms with van der Waals surface area (Å²) >= 11 is 0. The Kier molecular flexibility index (Phi) is 4.85. The summed E-state index contributed by atoms with van der Waals surface area (Å²) < 4.78 is 0. The van der Waals surface area contributed by atoms with Crippen molar-refractivity contribution in [2.75, 3.05) is 6.54 Å². The summed E-state index contributed by atoms with van der Waals surface area (Å²) in [4.78, 5) is 19.0. The molecule has 1 amide bonds. The van der Waals surface area contributed by atoms with Gasteiger partial charge in [0.15, 0.2) is 0 Å². The van der Waals surface area contributed by atoms with Crippen molar-refractivity contribution in [3.05, 3.63) is 95.9 Å². The molecule has 30 heavy (non-hydrogen) atoms. The molecule has 0 fully saturated rings. The molecule has 148 valence electrons. The van der Waals surface area contributed by atoms with Gasteiger partial charge in [-0.1, -0.05) is 54.6 Å². The number of hydrogen-bond donors (Lipinski definition) is 1. The predicted molar refractivity (Wildman–Crippen MR) is 117 cm³/mol. The number of carbonyl (C=O) groups excluding carboxylic acids is 1. The largest absolute Gasteiger partial charge is 0.338 e. The summed E-state index contributed by atoms with van der Waals surface area (Å²) in [5, 5.41) is 7.64. The molecule has 3 heterocycles. The lowest BCUT2D eigenvalue weighted by atomic mass is 10.00. The number of aromatic nitrogens is 3. The molecule has 4 aromatic rings. The lowest BCUT2D eigenvalue weighted by Crippen LogP contribution is -2.36. The summed E-state index contributed by atoms with van der Waals surface area (Å²) in [5.41, 5.74) is 7.55. The molecule has 2 aromatic carbocycles. The zero-order chi connectivity index (χ0) is 20.3. The molecule has 5 heteroatoms. The second kappa shape index (κ2) is 7.95. The highest BCUT2D eigenvalue weighted by Gasteiger charge is 2.25. The molecule has 1 aliphatic rings. The monoisotopic (exact) mass is 394 g/mol. The van der Waals surface area contributed by atoms with Crippen molar-refractivity contribution in [1.82, 2.24) is 20.1 Å². The van der Waals surface area contributed by atoms with E-state index in [9.17, 15) is 4.79 Å². The van der Waals surface area contributed by atoms with E-state index in [0.717, 1.165) is 40.1 Å². The molecule has 0 radical (unpaired) electrons. The van der Waals surface area contributed by atoms with Crippen molar-refractivity contribution in [3.8, 4) is 22.4 Å². The normalized spacial score (nSPS) is 13.1. The number of aromatic amines is 1. The molecule has 5 rings (SSSR count). The first-order valence-electron chi connectivity index (χ1n) is 10.2. The molecule has 0 spiro atoms. The van der Waals surface area contributed by atoms with Crippen LogP contribution in [0.15, 0.2) is 79.1 Å². The topological polar surface area (TPSA) is 61.9 Å². The van der Waals surface area contributed by atoms with E-state index < -0.39 is 0 Å². The highest BCUT2D eigenvalue weighted by Crippen LogP contribution is 2.28. The third-order valence-corrected chi connectivity index (χ3v) is 5.66. The van der Waals surface area contributed by atoms with Crippen molar-refractivity contribution < 1.29 is 4.79 Å². The number of pyridine rings is 1. The Bertz CT molecular complexity index is 1150. The van der Waals surface area contributed by atoms with Crippen LogP contribution in [-0.4, -0.2) is 32.5 Å². The van der Waals surface area contributed by atoms with Gasteiger partial charge in [0.05, 0.1) is 12.1 Å². The predicted octanol–water partition coefficient (Wildman–Crippen LogP) is 4.27. The number of hydrogen-bond acceptors (Lipinski definition) is 3. The summed E-state index contributed by atoms with van der Waals surface area (Å²) in [7, 11) is 0. The maximum absolute atomic E-state index is 13.0. The van der Waals surface area contributed by atoms with Gasteiger partial charge in [-0.15, -0.1) is 0 Å². The van der Waals surface area contributed by atoms with E-state index in [2.05, 4.69) is 51.6 Å². The van der Waals surface area contributed by atoms with Crippen molar-refractivity contribution >= 4 is 5.91 Å². The smallest absolute Gasteiger partial charge is 0.227 e. The van der Waals surface area contributed by atoms with Crippen LogP contribution in [0.2, 0.25) is 0 Å². The fourth-order valence-corrected chi connectivity index (χ4v) is 3.99. The Morgan fingerprint density at radius 2 is 1.63 bits per heavy atom. The van der Waals surface area contributed by atoms with Gasteiger partial charge in [0.1, 0.15) is 0 Å². The zero-order valence-corrected chi connectivity index (χ0v) is 16.6. The molecule has 0 unspecified atom stereocenters. The first-order chi connectivity index (χ1) is 14.8. The molecule has 5 nitrogen and oxygen atoms in total. The Labute approximate surface area is 175 Å². The van der Waals surface area contributed by atoms with Crippen molar-refractivity contribution in [2.45, 2.75) is 19.4 Å². The van der Waals surface area contributed by atoms with E-state index in [4.69, 9.17) is 0 Å². The number of amides is 1. The highest BCUT2D eigenvalue weighted by molar-refractivity contribution is 5.80. The molecule has 0 atom stereocenters. The Morgan fingerprint density at radius 1 is 0.900 bits per heavy atom. The van der Waals surface area contributed by atoms with Crippen LogP contribution in [0.1, 0.15) is 16.8 Å². The molecule has 2 aromatic heterocycles. The van der Waals surface area contributed by atoms with Gasteiger partial charge in [-0.2, -0.15) is 5.10 Å². The fourth-order valence-electron chi connectivity index (χ4n) is 3.99. The van der Waals surface area contributed by atoms with Crippen LogP contribution in [-0.2, 0) is 24.2 Å². The molecule has 1 aliphatic heterocycles. The third kappa shape index (κ3) is 3.62. The lowest BCUT2D eigenvalue weighted by Gasteiger charge is -2.27. The summed E-state index contributed by atoms with van der Waals surface area (Å²) in [6.45, 7) is 1.30. The summed E-state index contributed by atoms with van der Waals surface area (Å²) in [6, 6.07) is 22.5. The number of H-pyrrole nitrogens is 1. The van der Waals surface area contributed by atoms with Crippen LogP contribution in [0, 0.1) is 0 Å². The van der Waals surface area contributed by atoms with E-state index in [1.807, 2.05) is 35.2 Å². The Balaban J connectivity index is 1.30. The van der Waals surface area contributed by atoms with Gasteiger partial charge in [0, 0.05) is 48.7 Å². The van der Waals surface area contributed by atoms with Crippen LogP contribution >= 0.6 is 0 Å². The maximum atomic E-state index is 13.0. The first kappa shape index (κ1) is 18.3. The average molecular weight is 394 g/mol. The lowest BCUT2D eigenvalue weighted by molar-refractivity contribution is -0.131. The van der Waals surface area contributed by atoms with Crippen LogP contribution in [0.4, 0.5) is 0 Å². The van der Waals surface area contributed by atoms with E-state index >= 15 is 0 Å². The molecule has 1 N–H and O–H groups in total. The van der Waals surface area contributed by atoms with Crippen LogP contribution in [0.3, 0.4) is 0 Å². The maximum Gasteiger partial charge on any atom is 0.227 e. The van der Waals surface area contributed by atoms with E-state index in [1.165, 1.54) is 5.56 Å². The molecular formula is C25H22N4O. The van der Waals surface area contributed by atoms with Crippen LogP contribution < -0.4 is 0 Å². The quantitative estimate of drug-likeness (QED) is 0.562. The number of rotatable bonds is 4. The first-order valence-corrected chi connectivity index (χ1v) is 10.2. The SMILES string of the molecule is O=C(Cc1ccc(-c2ccccc2)cc1)N1CCc2[nH]nc(-c3ccncc3)c2C1.